The van der Waals surface area contributed by atoms with Crippen LogP contribution >= 0.6 is 15.9 Å². The average molecular weight is 320 g/mol. The number of halogens is 1. The maximum atomic E-state index is 11.7. The molecule has 0 aromatic carbocycles. The van der Waals surface area contributed by atoms with E-state index in [-0.39, 0.29) is 5.91 Å². The van der Waals surface area contributed by atoms with E-state index in [0.717, 1.165) is 4.47 Å². The zero-order valence-corrected chi connectivity index (χ0v) is 11.4. The molecule has 2 aromatic rings. The number of amides is 1. The van der Waals surface area contributed by atoms with Crippen LogP contribution in [0.4, 0.5) is 0 Å². The van der Waals surface area contributed by atoms with Gasteiger partial charge in [0.2, 0.25) is 0 Å². The second-order valence-corrected chi connectivity index (χ2v) is 4.40. The van der Waals surface area contributed by atoms with Crippen LogP contribution in [0.3, 0.4) is 0 Å². The molecular formula is C13H10BrN3O2. The molecule has 0 saturated carbocycles. The van der Waals surface area contributed by atoms with E-state index < -0.39 is 0 Å². The zero-order valence-electron chi connectivity index (χ0n) is 9.79. The SMILES string of the molecule is O=C(N/N=C/C=C/c1ccco1)c1cncc(Br)c1. The lowest BCUT2D eigenvalue weighted by Crippen LogP contribution is -2.17. The van der Waals surface area contributed by atoms with Crippen molar-refractivity contribution in [2.24, 2.45) is 5.10 Å². The Hall–Kier alpha value is -2.21. The molecule has 2 aromatic heterocycles. The number of aromatic nitrogens is 1. The number of furan rings is 1. The van der Waals surface area contributed by atoms with E-state index in [1.54, 1.807) is 36.7 Å². The lowest BCUT2D eigenvalue weighted by atomic mass is 10.3. The lowest BCUT2D eigenvalue weighted by Gasteiger charge is -1.98. The van der Waals surface area contributed by atoms with Crippen LogP contribution in [0.25, 0.3) is 6.08 Å². The molecular weight excluding hydrogens is 310 g/mol. The van der Waals surface area contributed by atoms with Gasteiger partial charge in [0.25, 0.3) is 5.91 Å². The molecule has 6 heteroatoms. The molecule has 2 rings (SSSR count). The Morgan fingerprint density at radius 3 is 3.11 bits per heavy atom. The van der Waals surface area contributed by atoms with Crippen molar-refractivity contribution in [2.45, 2.75) is 0 Å². The van der Waals surface area contributed by atoms with Crippen molar-refractivity contribution in [1.29, 1.82) is 0 Å². The molecule has 5 nitrogen and oxygen atoms in total. The van der Waals surface area contributed by atoms with Crippen LogP contribution in [0.5, 0.6) is 0 Å². The zero-order chi connectivity index (χ0) is 13.5. The molecule has 0 radical (unpaired) electrons. The first-order valence-electron chi connectivity index (χ1n) is 5.40. The molecule has 0 saturated heterocycles. The monoisotopic (exact) mass is 319 g/mol. The van der Waals surface area contributed by atoms with Crippen molar-refractivity contribution in [3.63, 3.8) is 0 Å². The van der Waals surface area contributed by atoms with Crippen molar-refractivity contribution in [3.05, 3.63) is 58.7 Å². The van der Waals surface area contributed by atoms with Crippen molar-refractivity contribution in [1.82, 2.24) is 10.4 Å². The van der Waals surface area contributed by atoms with Gasteiger partial charge >= 0.3 is 0 Å². The Morgan fingerprint density at radius 2 is 2.37 bits per heavy atom. The standard InChI is InChI=1S/C13H10BrN3O2/c14-11-7-10(8-15-9-11)13(18)17-16-5-1-3-12-4-2-6-19-12/h1-9H,(H,17,18)/b3-1+,16-5+. The first-order valence-corrected chi connectivity index (χ1v) is 6.19. The molecule has 0 aliphatic rings. The summed E-state index contributed by atoms with van der Waals surface area (Å²) in [5.74, 6) is 0.394. The summed E-state index contributed by atoms with van der Waals surface area (Å²) in [6.07, 6.45) is 9.51. The number of nitrogens with zero attached hydrogens (tertiary/aromatic N) is 2. The summed E-state index contributed by atoms with van der Waals surface area (Å²) in [4.78, 5) is 15.6. The van der Waals surface area contributed by atoms with E-state index in [1.807, 2.05) is 6.07 Å². The Labute approximate surface area is 118 Å². The first-order chi connectivity index (χ1) is 9.25. The number of allylic oxidation sites excluding steroid dienone is 1. The number of carbonyl (C=O) groups is 1. The van der Waals surface area contributed by atoms with Crippen LogP contribution < -0.4 is 5.43 Å². The largest absolute Gasteiger partial charge is 0.465 e. The summed E-state index contributed by atoms with van der Waals surface area (Å²) in [7, 11) is 0. The molecule has 0 atom stereocenters. The molecule has 19 heavy (non-hydrogen) atoms. The molecule has 0 bridgehead atoms. The van der Waals surface area contributed by atoms with Gasteiger partial charge in [-0.15, -0.1) is 0 Å². The highest BCUT2D eigenvalue weighted by Gasteiger charge is 2.04. The Balaban J connectivity index is 1.87. The summed E-state index contributed by atoms with van der Waals surface area (Å²) in [5.41, 5.74) is 2.83. The van der Waals surface area contributed by atoms with Gasteiger partial charge in [-0.3, -0.25) is 9.78 Å². The number of carbonyl (C=O) groups excluding carboxylic acids is 1. The number of hydrogen-bond acceptors (Lipinski definition) is 4. The lowest BCUT2D eigenvalue weighted by molar-refractivity contribution is 0.0954. The van der Waals surface area contributed by atoms with Crippen LogP contribution in [0.15, 0.2) is 56.9 Å². The fourth-order valence-corrected chi connectivity index (χ4v) is 1.63. The molecule has 0 spiro atoms. The van der Waals surface area contributed by atoms with E-state index in [9.17, 15) is 4.79 Å². The van der Waals surface area contributed by atoms with Crippen molar-refractivity contribution < 1.29 is 9.21 Å². The minimum atomic E-state index is -0.323. The highest BCUT2D eigenvalue weighted by atomic mass is 79.9. The minimum absolute atomic E-state index is 0.323. The molecule has 2 heterocycles. The minimum Gasteiger partial charge on any atom is -0.465 e. The molecule has 96 valence electrons. The smallest absolute Gasteiger partial charge is 0.272 e. The van der Waals surface area contributed by atoms with Gasteiger partial charge in [-0.05, 0) is 46.3 Å². The third kappa shape index (κ3) is 4.18. The molecule has 1 amide bonds. The third-order valence-corrected chi connectivity index (χ3v) is 2.53. The van der Waals surface area contributed by atoms with Crippen molar-refractivity contribution in [3.8, 4) is 0 Å². The van der Waals surface area contributed by atoms with Crippen LogP contribution in [0.1, 0.15) is 16.1 Å². The van der Waals surface area contributed by atoms with Gasteiger partial charge in [-0.1, -0.05) is 0 Å². The molecule has 0 unspecified atom stereocenters. The maximum Gasteiger partial charge on any atom is 0.272 e. The summed E-state index contributed by atoms with van der Waals surface area (Å²) in [6.45, 7) is 0. The fourth-order valence-electron chi connectivity index (χ4n) is 1.26. The van der Waals surface area contributed by atoms with Crippen LogP contribution in [-0.2, 0) is 0 Å². The highest BCUT2D eigenvalue weighted by molar-refractivity contribution is 9.10. The Bertz CT molecular complexity index is 606. The second-order valence-electron chi connectivity index (χ2n) is 3.49. The van der Waals surface area contributed by atoms with Crippen LogP contribution in [0.2, 0.25) is 0 Å². The quantitative estimate of drug-likeness (QED) is 0.696. The molecule has 0 fully saturated rings. The molecule has 0 aliphatic heterocycles. The van der Waals surface area contributed by atoms with Gasteiger partial charge in [-0.25, -0.2) is 5.43 Å². The van der Waals surface area contributed by atoms with Crippen LogP contribution in [-0.4, -0.2) is 17.1 Å². The van der Waals surface area contributed by atoms with Crippen molar-refractivity contribution >= 4 is 34.1 Å². The number of hydrogen-bond donors (Lipinski definition) is 1. The predicted molar refractivity (Wildman–Crippen MR) is 75.6 cm³/mol. The van der Waals surface area contributed by atoms with E-state index in [1.165, 1.54) is 12.4 Å². The Morgan fingerprint density at radius 1 is 1.47 bits per heavy atom. The summed E-state index contributed by atoms with van der Waals surface area (Å²) in [5, 5.41) is 3.78. The number of pyridine rings is 1. The highest BCUT2D eigenvalue weighted by Crippen LogP contribution is 2.09. The van der Waals surface area contributed by atoms with Gasteiger partial charge in [0.15, 0.2) is 0 Å². The summed E-state index contributed by atoms with van der Waals surface area (Å²) < 4.78 is 5.83. The predicted octanol–water partition coefficient (Wildman–Crippen LogP) is 2.87. The van der Waals surface area contributed by atoms with Gasteiger partial charge in [0.05, 0.1) is 11.8 Å². The first kappa shape index (κ1) is 13.2. The third-order valence-electron chi connectivity index (χ3n) is 2.10. The topological polar surface area (TPSA) is 67.5 Å². The van der Waals surface area contributed by atoms with Crippen LogP contribution in [0, 0.1) is 0 Å². The number of rotatable bonds is 4. The van der Waals surface area contributed by atoms with Gasteiger partial charge in [-0.2, -0.15) is 5.10 Å². The van der Waals surface area contributed by atoms with Gasteiger partial charge < -0.3 is 4.42 Å². The number of nitrogens with one attached hydrogen (secondary N) is 1. The second kappa shape index (κ2) is 6.65. The van der Waals surface area contributed by atoms with E-state index in [2.05, 4.69) is 31.4 Å². The van der Waals surface area contributed by atoms with E-state index in [0.29, 0.717) is 11.3 Å². The molecule has 0 aliphatic carbocycles. The fraction of sp³-hybridized carbons (Fsp3) is 0. The summed E-state index contributed by atoms with van der Waals surface area (Å²) >= 11 is 3.24. The normalized spacial score (nSPS) is 11.2. The Kier molecular flexibility index (Phi) is 4.63. The number of hydrazone groups is 1. The van der Waals surface area contributed by atoms with E-state index >= 15 is 0 Å². The van der Waals surface area contributed by atoms with Gasteiger partial charge in [0.1, 0.15) is 5.76 Å². The average Bonchev–Trinajstić information content (AvgIpc) is 2.91. The van der Waals surface area contributed by atoms with Gasteiger partial charge in [0, 0.05) is 23.1 Å². The van der Waals surface area contributed by atoms with E-state index in [4.69, 9.17) is 4.42 Å². The maximum absolute atomic E-state index is 11.7. The summed E-state index contributed by atoms with van der Waals surface area (Å²) in [6, 6.07) is 5.27. The molecule has 1 N–H and O–H groups in total. The van der Waals surface area contributed by atoms with Crippen molar-refractivity contribution in [2.75, 3.05) is 0 Å².